The van der Waals surface area contributed by atoms with Crippen LogP contribution in [0.25, 0.3) is 0 Å². The molecule has 0 saturated heterocycles. The van der Waals surface area contributed by atoms with Gasteiger partial charge in [0.15, 0.2) is 0 Å². The van der Waals surface area contributed by atoms with Crippen LogP contribution in [0.2, 0.25) is 0 Å². The van der Waals surface area contributed by atoms with Gasteiger partial charge in [-0.25, -0.2) is 0 Å². The molecule has 0 bridgehead atoms. The van der Waals surface area contributed by atoms with Crippen molar-refractivity contribution in [3.05, 3.63) is 62.6 Å². The van der Waals surface area contributed by atoms with Crippen molar-refractivity contribution in [2.24, 2.45) is 5.10 Å². The summed E-state index contributed by atoms with van der Waals surface area (Å²) in [7, 11) is 0. The first-order chi connectivity index (χ1) is 9.99. The van der Waals surface area contributed by atoms with Crippen molar-refractivity contribution in [1.82, 2.24) is 0 Å². The van der Waals surface area contributed by atoms with Crippen molar-refractivity contribution >= 4 is 22.8 Å². The third-order valence-corrected chi connectivity index (χ3v) is 2.61. The summed E-state index contributed by atoms with van der Waals surface area (Å²) in [4.78, 5) is 20.2. The van der Waals surface area contributed by atoms with Crippen LogP contribution in [0.4, 0.5) is 17.1 Å². The maximum absolute atomic E-state index is 10.9. The number of rotatable bonds is 5. The second-order valence-electron chi connectivity index (χ2n) is 4.00. The number of benzene rings is 1. The van der Waals surface area contributed by atoms with Crippen molar-refractivity contribution < 1.29 is 14.3 Å². The van der Waals surface area contributed by atoms with Gasteiger partial charge in [-0.3, -0.25) is 25.7 Å². The highest BCUT2D eigenvalue weighted by atomic mass is 16.6. The molecule has 1 aromatic heterocycles. The molecule has 2 rings (SSSR count). The third-order valence-electron chi connectivity index (χ3n) is 2.61. The van der Waals surface area contributed by atoms with Crippen LogP contribution in [-0.2, 0) is 0 Å². The van der Waals surface area contributed by atoms with Gasteiger partial charge < -0.3 is 4.42 Å². The van der Waals surface area contributed by atoms with Crippen LogP contribution >= 0.6 is 0 Å². The van der Waals surface area contributed by atoms with Crippen LogP contribution in [0.15, 0.2) is 46.1 Å². The summed E-state index contributed by atoms with van der Waals surface area (Å²) in [5, 5.41) is 25.5. The maximum atomic E-state index is 10.9. The van der Waals surface area contributed by atoms with Gasteiger partial charge >= 0.3 is 5.69 Å². The lowest BCUT2D eigenvalue weighted by molar-refractivity contribution is -0.393. The fraction of sp³-hybridized carbons (Fsp3) is 0.0833. The second kappa shape index (κ2) is 5.82. The van der Waals surface area contributed by atoms with Crippen molar-refractivity contribution in [2.45, 2.75) is 6.92 Å². The van der Waals surface area contributed by atoms with Crippen LogP contribution < -0.4 is 5.43 Å². The first-order valence-electron chi connectivity index (χ1n) is 5.76. The largest absolute Gasteiger partial charge is 0.463 e. The SMILES string of the molecule is C/C(=N/Nc1ccc([N+](=O)[O-])cc1[N+](=O)[O-])c1ccco1. The number of hydrazone groups is 1. The van der Waals surface area contributed by atoms with E-state index in [1.807, 2.05) is 0 Å². The van der Waals surface area contributed by atoms with Gasteiger partial charge in [0.1, 0.15) is 17.2 Å². The monoisotopic (exact) mass is 290 g/mol. The van der Waals surface area contributed by atoms with E-state index in [2.05, 4.69) is 10.5 Å². The third kappa shape index (κ3) is 3.21. The molecule has 21 heavy (non-hydrogen) atoms. The topological polar surface area (TPSA) is 124 Å². The lowest BCUT2D eigenvalue weighted by atomic mass is 10.2. The zero-order chi connectivity index (χ0) is 15.4. The Labute approximate surface area is 118 Å². The number of nitrogens with one attached hydrogen (secondary N) is 1. The number of nitro groups is 2. The molecule has 0 fully saturated rings. The van der Waals surface area contributed by atoms with Gasteiger partial charge in [0.05, 0.1) is 22.2 Å². The summed E-state index contributed by atoms with van der Waals surface area (Å²) in [6, 6.07) is 6.63. The van der Waals surface area contributed by atoms with Crippen LogP contribution in [0.5, 0.6) is 0 Å². The van der Waals surface area contributed by atoms with Gasteiger partial charge in [-0.15, -0.1) is 0 Å². The minimum atomic E-state index is -0.715. The van der Waals surface area contributed by atoms with Crippen molar-refractivity contribution in [1.29, 1.82) is 0 Å². The van der Waals surface area contributed by atoms with E-state index in [0.717, 1.165) is 12.1 Å². The van der Waals surface area contributed by atoms with Gasteiger partial charge in [0.2, 0.25) is 0 Å². The number of non-ortho nitro benzene ring substituents is 1. The van der Waals surface area contributed by atoms with Crippen LogP contribution in [-0.4, -0.2) is 15.6 Å². The van der Waals surface area contributed by atoms with E-state index >= 15 is 0 Å². The molecule has 1 N–H and O–H groups in total. The number of hydrogen-bond donors (Lipinski definition) is 1. The molecule has 0 spiro atoms. The molecule has 0 saturated carbocycles. The number of hydrogen-bond acceptors (Lipinski definition) is 7. The van der Waals surface area contributed by atoms with Crippen molar-refractivity contribution in [2.75, 3.05) is 5.43 Å². The Bertz CT molecular complexity index is 708. The highest BCUT2D eigenvalue weighted by Gasteiger charge is 2.19. The van der Waals surface area contributed by atoms with E-state index in [-0.39, 0.29) is 11.4 Å². The van der Waals surface area contributed by atoms with Gasteiger partial charge in [-0.1, -0.05) is 0 Å². The highest BCUT2D eigenvalue weighted by molar-refractivity contribution is 5.96. The molecule has 9 nitrogen and oxygen atoms in total. The Morgan fingerprint density at radius 3 is 2.57 bits per heavy atom. The summed E-state index contributed by atoms with van der Waals surface area (Å²) in [6.45, 7) is 1.66. The first kappa shape index (κ1) is 14.2. The van der Waals surface area contributed by atoms with Crippen molar-refractivity contribution in [3.8, 4) is 0 Å². The Hall–Kier alpha value is -3.23. The highest BCUT2D eigenvalue weighted by Crippen LogP contribution is 2.28. The Morgan fingerprint density at radius 2 is 2.00 bits per heavy atom. The van der Waals surface area contributed by atoms with Crippen LogP contribution in [0.1, 0.15) is 12.7 Å². The molecule has 0 aliphatic carbocycles. The molecule has 0 amide bonds. The maximum Gasteiger partial charge on any atom is 0.301 e. The number of furan rings is 1. The zero-order valence-corrected chi connectivity index (χ0v) is 10.8. The fourth-order valence-corrected chi connectivity index (χ4v) is 1.56. The molecule has 0 radical (unpaired) electrons. The fourth-order valence-electron chi connectivity index (χ4n) is 1.56. The standard InChI is InChI=1S/C12H10N4O5/c1-8(12-3-2-6-21-12)13-14-10-5-4-9(15(17)18)7-11(10)16(19)20/h2-7,14H,1H3/b13-8-. The van der Waals surface area contributed by atoms with Gasteiger partial charge in [0.25, 0.3) is 5.69 Å². The predicted molar refractivity (Wildman–Crippen MR) is 74.3 cm³/mol. The van der Waals surface area contributed by atoms with E-state index in [9.17, 15) is 20.2 Å². The first-order valence-corrected chi connectivity index (χ1v) is 5.76. The summed E-state index contributed by atoms with van der Waals surface area (Å²) in [5.41, 5.74) is 2.25. The lowest BCUT2D eigenvalue weighted by Gasteiger charge is -2.03. The minimum absolute atomic E-state index is 0.0523. The Morgan fingerprint density at radius 1 is 1.24 bits per heavy atom. The van der Waals surface area contributed by atoms with Crippen LogP contribution in [0, 0.1) is 20.2 Å². The predicted octanol–water partition coefficient (Wildman–Crippen LogP) is 2.93. The second-order valence-corrected chi connectivity index (χ2v) is 4.00. The van der Waals surface area contributed by atoms with Crippen molar-refractivity contribution in [3.63, 3.8) is 0 Å². The summed E-state index contributed by atoms with van der Waals surface area (Å²) >= 11 is 0. The van der Waals surface area contributed by atoms with E-state index in [0.29, 0.717) is 11.5 Å². The molecule has 1 heterocycles. The van der Waals surface area contributed by atoms with Crippen LogP contribution in [0.3, 0.4) is 0 Å². The number of nitro benzene ring substituents is 2. The molecule has 0 aliphatic heterocycles. The average molecular weight is 290 g/mol. The molecule has 0 unspecified atom stereocenters. The van der Waals surface area contributed by atoms with Gasteiger partial charge in [0, 0.05) is 6.07 Å². The Balaban J connectivity index is 2.29. The summed E-state index contributed by atoms with van der Waals surface area (Å²) in [6.07, 6.45) is 1.47. The molecule has 2 aromatic rings. The normalized spacial score (nSPS) is 11.2. The van der Waals surface area contributed by atoms with Gasteiger partial charge in [-0.2, -0.15) is 5.10 Å². The molecule has 108 valence electrons. The molecular weight excluding hydrogens is 280 g/mol. The lowest BCUT2D eigenvalue weighted by Crippen LogP contribution is -2.01. The van der Waals surface area contributed by atoms with E-state index in [4.69, 9.17) is 4.42 Å². The number of anilines is 1. The molecule has 0 aliphatic rings. The average Bonchev–Trinajstić information content (AvgIpc) is 2.98. The van der Waals surface area contributed by atoms with E-state index in [1.165, 1.54) is 12.3 Å². The minimum Gasteiger partial charge on any atom is -0.463 e. The molecule has 0 atom stereocenters. The smallest absolute Gasteiger partial charge is 0.301 e. The summed E-state index contributed by atoms with van der Waals surface area (Å²) < 4.78 is 5.12. The molecule has 1 aromatic carbocycles. The number of nitrogens with zero attached hydrogens (tertiary/aromatic N) is 3. The Kier molecular flexibility index (Phi) is 3.93. The van der Waals surface area contributed by atoms with E-state index in [1.54, 1.807) is 19.1 Å². The quantitative estimate of drug-likeness (QED) is 0.512. The molecule has 9 heteroatoms. The summed E-state index contributed by atoms with van der Waals surface area (Å²) in [5.74, 6) is 0.507. The zero-order valence-electron chi connectivity index (χ0n) is 10.8. The van der Waals surface area contributed by atoms with E-state index < -0.39 is 15.5 Å². The molecular formula is C12H10N4O5. The van der Waals surface area contributed by atoms with Gasteiger partial charge in [-0.05, 0) is 25.1 Å².